The van der Waals surface area contributed by atoms with Crippen molar-refractivity contribution in [1.82, 2.24) is 15.5 Å². The van der Waals surface area contributed by atoms with Gasteiger partial charge in [0.25, 0.3) is 0 Å². The number of benzene rings is 1. The second kappa shape index (κ2) is 6.66. The molecule has 0 aliphatic rings. The number of hydrogen-bond donors (Lipinski definition) is 1. The lowest BCUT2D eigenvalue weighted by Crippen LogP contribution is -2.24. The minimum atomic E-state index is 0.361. The fourth-order valence-corrected chi connectivity index (χ4v) is 2.22. The zero-order valence-electron chi connectivity index (χ0n) is 12.7. The van der Waals surface area contributed by atoms with Crippen molar-refractivity contribution in [3.05, 3.63) is 46.6 Å². The van der Waals surface area contributed by atoms with Gasteiger partial charge in [-0.15, -0.1) is 0 Å². The number of rotatable bonds is 6. The van der Waals surface area contributed by atoms with Gasteiger partial charge in [-0.1, -0.05) is 28.9 Å². The minimum Gasteiger partial charge on any atom is -0.339 e. The summed E-state index contributed by atoms with van der Waals surface area (Å²) in [5.41, 5.74) is 3.97. The Hall–Kier alpha value is -1.68. The van der Waals surface area contributed by atoms with Crippen LogP contribution in [0.4, 0.5) is 0 Å². The molecule has 0 saturated heterocycles. The zero-order valence-corrected chi connectivity index (χ0v) is 12.7. The highest BCUT2D eigenvalue weighted by molar-refractivity contribution is 5.30. The Morgan fingerprint density at radius 3 is 2.75 bits per heavy atom. The van der Waals surface area contributed by atoms with E-state index in [9.17, 15) is 0 Å². The Bertz CT molecular complexity index is 563. The second-order valence-corrected chi connectivity index (χ2v) is 5.43. The molecule has 4 heteroatoms. The van der Waals surface area contributed by atoms with Crippen molar-refractivity contribution in [2.45, 2.75) is 46.1 Å². The molecule has 4 nitrogen and oxygen atoms in total. The summed E-state index contributed by atoms with van der Waals surface area (Å²) in [7, 11) is 1.94. The molecule has 0 amide bonds. The zero-order chi connectivity index (χ0) is 14.5. The van der Waals surface area contributed by atoms with Gasteiger partial charge < -0.3 is 9.84 Å². The van der Waals surface area contributed by atoms with E-state index < -0.39 is 0 Å². The molecule has 1 aromatic heterocycles. The van der Waals surface area contributed by atoms with Gasteiger partial charge in [0, 0.05) is 18.9 Å². The quantitative estimate of drug-likeness (QED) is 0.879. The van der Waals surface area contributed by atoms with Crippen LogP contribution in [0.5, 0.6) is 0 Å². The lowest BCUT2D eigenvalue weighted by molar-refractivity contribution is 0.371. The molecule has 1 unspecified atom stereocenters. The van der Waals surface area contributed by atoms with Crippen molar-refractivity contribution in [3.63, 3.8) is 0 Å². The molecule has 0 saturated carbocycles. The van der Waals surface area contributed by atoms with Gasteiger partial charge in [-0.05, 0) is 45.4 Å². The van der Waals surface area contributed by atoms with E-state index in [0.29, 0.717) is 6.04 Å². The predicted molar refractivity (Wildman–Crippen MR) is 79.8 cm³/mol. The van der Waals surface area contributed by atoms with Crippen molar-refractivity contribution in [2.75, 3.05) is 7.05 Å². The highest BCUT2D eigenvalue weighted by Gasteiger charge is 2.10. The topological polar surface area (TPSA) is 51.0 Å². The first-order chi connectivity index (χ1) is 9.58. The number of aromatic nitrogens is 2. The van der Waals surface area contributed by atoms with Crippen LogP contribution in [0.15, 0.2) is 22.7 Å². The summed E-state index contributed by atoms with van der Waals surface area (Å²) in [5, 5.41) is 7.20. The monoisotopic (exact) mass is 273 g/mol. The minimum absolute atomic E-state index is 0.361. The van der Waals surface area contributed by atoms with Gasteiger partial charge >= 0.3 is 0 Å². The number of nitrogens with one attached hydrogen (secondary N) is 1. The molecule has 0 aliphatic carbocycles. The van der Waals surface area contributed by atoms with Crippen LogP contribution >= 0.6 is 0 Å². The molecule has 20 heavy (non-hydrogen) atoms. The van der Waals surface area contributed by atoms with Crippen LogP contribution in [0.2, 0.25) is 0 Å². The Labute approximate surface area is 120 Å². The van der Waals surface area contributed by atoms with E-state index in [1.807, 2.05) is 7.05 Å². The van der Waals surface area contributed by atoms with Crippen molar-refractivity contribution >= 4 is 0 Å². The third-order valence-electron chi connectivity index (χ3n) is 3.60. The van der Waals surface area contributed by atoms with Gasteiger partial charge in [0.05, 0.1) is 0 Å². The summed E-state index contributed by atoms with van der Waals surface area (Å²) in [5.74, 6) is 1.51. The maximum Gasteiger partial charge on any atom is 0.226 e. The van der Waals surface area contributed by atoms with Gasteiger partial charge in [-0.3, -0.25) is 0 Å². The van der Waals surface area contributed by atoms with Crippen LogP contribution in [0.3, 0.4) is 0 Å². The summed E-state index contributed by atoms with van der Waals surface area (Å²) in [6.45, 7) is 6.37. The summed E-state index contributed by atoms with van der Waals surface area (Å²) in [4.78, 5) is 4.44. The average Bonchev–Trinajstić information content (AvgIpc) is 2.85. The summed E-state index contributed by atoms with van der Waals surface area (Å²) in [6, 6.07) is 6.91. The van der Waals surface area contributed by atoms with Crippen LogP contribution < -0.4 is 5.32 Å². The van der Waals surface area contributed by atoms with E-state index >= 15 is 0 Å². The van der Waals surface area contributed by atoms with Gasteiger partial charge in [0.2, 0.25) is 5.89 Å². The fourth-order valence-electron chi connectivity index (χ4n) is 2.22. The molecule has 0 spiro atoms. The van der Waals surface area contributed by atoms with E-state index in [-0.39, 0.29) is 0 Å². The van der Waals surface area contributed by atoms with E-state index in [4.69, 9.17) is 4.52 Å². The maximum absolute atomic E-state index is 5.31. The smallest absolute Gasteiger partial charge is 0.226 e. The van der Waals surface area contributed by atoms with E-state index in [1.54, 1.807) is 0 Å². The molecule has 0 fully saturated rings. The highest BCUT2D eigenvalue weighted by atomic mass is 16.5. The van der Waals surface area contributed by atoms with Crippen LogP contribution in [0, 0.1) is 13.8 Å². The molecule has 2 aromatic rings. The molecule has 0 bridgehead atoms. The molecule has 0 radical (unpaired) electrons. The highest BCUT2D eigenvalue weighted by Crippen LogP contribution is 2.13. The summed E-state index contributed by atoms with van der Waals surface area (Å²) in [6.07, 6.45) is 2.53. The Morgan fingerprint density at radius 2 is 2.05 bits per heavy atom. The molecule has 1 heterocycles. The largest absolute Gasteiger partial charge is 0.339 e. The molecular weight excluding hydrogens is 250 g/mol. The predicted octanol–water partition coefficient (Wildman–Crippen LogP) is 2.62. The van der Waals surface area contributed by atoms with Crippen molar-refractivity contribution in [1.29, 1.82) is 0 Å². The molecular formula is C16H23N3O. The Balaban J connectivity index is 1.94. The Kier molecular flexibility index (Phi) is 4.90. The molecule has 1 aromatic carbocycles. The number of nitrogens with zero attached hydrogens (tertiary/aromatic N) is 2. The lowest BCUT2D eigenvalue weighted by atomic mass is 10.0. The molecule has 1 atom stereocenters. The van der Waals surface area contributed by atoms with E-state index in [0.717, 1.165) is 31.0 Å². The van der Waals surface area contributed by atoms with Crippen LogP contribution in [0.1, 0.15) is 35.3 Å². The van der Waals surface area contributed by atoms with Gasteiger partial charge in [-0.2, -0.15) is 4.98 Å². The summed E-state index contributed by atoms with van der Waals surface area (Å²) >= 11 is 0. The van der Waals surface area contributed by atoms with Gasteiger partial charge in [0.15, 0.2) is 5.82 Å². The SMILES string of the molecule is CNC(C)Cc1noc(CCc2ccc(C)cc2C)n1. The maximum atomic E-state index is 5.31. The third kappa shape index (κ3) is 3.90. The van der Waals surface area contributed by atoms with Gasteiger partial charge in [0.1, 0.15) is 0 Å². The molecule has 108 valence electrons. The lowest BCUT2D eigenvalue weighted by Gasteiger charge is -2.05. The van der Waals surface area contributed by atoms with E-state index in [2.05, 4.69) is 54.4 Å². The molecule has 0 aliphatic heterocycles. The van der Waals surface area contributed by atoms with Crippen LogP contribution in [-0.4, -0.2) is 23.2 Å². The standard InChI is InChI=1S/C16H23N3O/c1-11-5-6-14(12(2)9-11)7-8-16-18-15(19-20-16)10-13(3)17-4/h5-6,9,13,17H,7-8,10H2,1-4H3. The fraction of sp³-hybridized carbons (Fsp3) is 0.500. The molecule has 1 N–H and O–H groups in total. The first kappa shape index (κ1) is 14.7. The first-order valence-corrected chi connectivity index (χ1v) is 7.13. The number of hydrogen-bond acceptors (Lipinski definition) is 4. The number of likely N-dealkylation sites (N-methyl/N-ethyl adjacent to an activating group) is 1. The van der Waals surface area contributed by atoms with Crippen molar-refractivity contribution < 1.29 is 4.52 Å². The van der Waals surface area contributed by atoms with Crippen molar-refractivity contribution in [3.8, 4) is 0 Å². The molecule has 2 rings (SSSR count). The van der Waals surface area contributed by atoms with Crippen LogP contribution in [0.25, 0.3) is 0 Å². The third-order valence-corrected chi connectivity index (χ3v) is 3.60. The second-order valence-electron chi connectivity index (χ2n) is 5.43. The van der Waals surface area contributed by atoms with Crippen molar-refractivity contribution in [2.24, 2.45) is 0 Å². The normalized spacial score (nSPS) is 12.6. The summed E-state index contributed by atoms with van der Waals surface area (Å²) < 4.78 is 5.31. The average molecular weight is 273 g/mol. The first-order valence-electron chi connectivity index (χ1n) is 7.13. The van der Waals surface area contributed by atoms with E-state index in [1.165, 1.54) is 16.7 Å². The van der Waals surface area contributed by atoms with Gasteiger partial charge in [-0.25, -0.2) is 0 Å². The Morgan fingerprint density at radius 1 is 1.25 bits per heavy atom. The number of aryl methyl sites for hydroxylation is 4. The van der Waals surface area contributed by atoms with Crippen LogP contribution in [-0.2, 0) is 19.3 Å².